The molecule has 1 spiro atoms. The van der Waals surface area contributed by atoms with E-state index >= 15 is 0 Å². The quantitative estimate of drug-likeness (QED) is 0.873. The highest BCUT2D eigenvalue weighted by Crippen LogP contribution is 3.20. The van der Waals surface area contributed by atoms with Crippen molar-refractivity contribution in [3.8, 4) is 11.3 Å². The van der Waals surface area contributed by atoms with Crippen LogP contribution in [0.5, 0.6) is 0 Å². The van der Waals surface area contributed by atoms with Crippen molar-refractivity contribution in [3.05, 3.63) is 47.4 Å². The van der Waals surface area contributed by atoms with Crippen LogP contribution in [0.2, 0.25) is 0 Å². The van der Waals surface area contributed by atoms with Gasteiger partial charge in [-0.1, -0.05) is 19.1 Å². The summed E-state index contributed by atoms with van der Waals surface area (Å²) < 4.78 is 19.5. The number of hydrogen-bond donors (Lipinski definition) is 0. The molecule has 6 rings (SSSR count). The molecule has 1 aromatic carbocycles. The van der Waals surface area contributed by atoms with Crippen LogP contribution in [0.25, 0.3) is 11.3 Å². The Labute approximate surface area is 127 Å². The molecule has 0 saturated heterocycles. The van der Waals surface area contributed by atoms with Gasteiger partial charge in [-0.15, -0.1) is 0 Å². The first kappa shape index (κ1) is 11.7. The molecule has 0 N–H and O–H groups in total. The molecule has 5 unspecified atom stereocenters. The average Bonchev–Trinajstić information content (AvgIpc) is 3.42. The van der Waals surface area contributed by atoms with Gasteiger partial charge >= 0.3 is 0 Å². The highest BCUT2D eigenvalue weighted by Gasteiger charge is 3.20. The number of methoxy groups -OCH3 is 1. The summed E-state index contributed by atoms with van der Waals surface area (Å²) in [6.07, 6.45) is 0. The van der Waals surface area contributed by atoms with Crippen LogP contribution in [-0.4, -0.2) is 23.9 Å². The third-order valence-corrected chi connectivity index (χ3v) is 7.21. The van der Waals surface area contributed by atoms with E-state index in [2.05, 4.69) is 23.2 Å². The lowest BCUT2D eigenvalue weighted by Crippen LogP contribution is -2.31. The lowest BCUT2D eigenvalue weighted by atomic mass is 9.79. The lowest BCUT2D eigenvalue weighted by Gasteiger charge is -2.28. The Morgan fingerprint density at radius 3 is 2.86 bits per heavy atom. The van der Waals surface area contributed by atoms with E-state index in [4.69, 9.17) is 4.74 Å². The van der Waals surface area contributed by atoms with Gasteiger partial charge < -0.3 is 4.74 Å². The normalized spacial score (nSPS) is 44.1. The van der Waals surface area contributed by atoms with E-state index in [1.807, 2.05) is 6.07 Å². The molecule has 110 valence electrons. The third kappa shape index (κ3) is 0.777. The zero-order valence-electron chi connectivity index (χ0n) is 12.4. The van der Waals surface area contributed by atoms with Crippen molar-refractivity contribution in [1.82, 2.24) is 10.2 Å². The van der Waals surface area contributed by atoms with Crippen molar-refractivity contribution in [2.45, 2.75) is 18.3 Å². The van der Waals surface area contributed by atoms with Crippen molar-refractivity contribution >= 4 is 0 Å². The summed E-state index contributed by atoms with van der Waals surface area (Å²) in [5.74, 6) is 1.18. The molecule has 0 aliphatic heterocycles. The molecule has 0 amide bonds. The SMILES string of the molecule is COCC12c3nnc(-c4ccccc4F)cc3C3C4C1(C)C342. The Hall–Kier alpha value is -1.81. The average molecular weight is 294 g/mol. The summed E-state index contributed by atoms with van der Waals surface area (Å²) in [6.45, 7) is 3.10. The molecule has 3 nitrogen and oxygen atoms in total. The van der Waals surface area contributed by atoms with Crippen molar-refractivity contribution in [2.24, 2.45) is 16.7 Å². The Kier molecular flexibility index (Phi) is 1.59. The van der Waals surface area contributed by atoms with Crippen molar-refractivity contribution in [1.29, 1.82) is 0 Å². The van der Waals surface area contributed by atoms with Crippen molar-refractivity contribution in [2.75, 3.05) is 13.7 Å². The molecular formula is C18H15FN2O. The Bertz CT molecular complexity index is 883. The fourth-order valence-corrected chi connectivity index (χ4v) is 6.43. The summed E-state index contributed by atoms with van der Waals surface area (Å²) in [6, 6.07) is 8.83. The van der Waals surface area contributed by atoms with Gasteiger partial charge in [-0.05, 0) is 41.0 Å². The maximum atomic E-state index is 14.0. The van der Waals surface area contributed by atoms with Gasteiger partial charge in [-0.3, -0.25) is 0 Å². The number of fused-ring (bicyclic) bond motifs is 6. The Morgan fingerprint density at radius 1 is 1.27 bits per heavy atom. The van der Waals surface area contributed by atoms with Gasteiger partial charge in [-0.25, -0.2) is 4.39 Å². The minimum atomic E-state index is -0.240. The van der Waals surface area contributed by atoms with E-state index in [0.29, 0.717) is 28.0 Å². The van der Waals surface area contributed by atoms with Crippen LogP contribution in [-0.2, 0) is 10.2 Å². The van der Waals surface area contributed by atoms with Gasteiger partial charge in [0.25, 0.3) is 0 Å². The topological polar surface area (TPSA) is 35.0 Å². The summed E-state index contributed by atoms with van der Waals surface area (Å²) in [7, 11) is 1.76. The molecule has 4 heteroatoms. The van der Waals surface area contributed by atoms with E-state index < -0.39 is 0 Å². The van der Waals surface area contributed by atoms with Crippen molar-refractivity contribution in [3.63, 3.8) is 0 Å². The summed E-state index contributed by atoms with van der Waals surface area (Å²) in [4.78, 5) is 0. The molecule has 2 aromatic rings. The molecule has 0 radical (unpaired) electrons. The van der Waals surface area contributed by atoms with Gasteiger partial charge in [0, 0.05) is 18.1 Å². The highest BCUT2D eigenvalue weighted by molar-refractivity contribution is 5.81. The minimum absolute atomic E-state index is 0.0974. The first-order valence-electron chi connectivity index (χ1n) is 7.78. The van der Waals surface area contributed by atoms with E-state index in [1.165, 1.54) is 11.6 Å². The lowest BCUT2D eigenvalue weighted by molar-refractivity contribution is 0.133. The van der Waals surface area contributed by atoms with Gasteiger partial charge in [-0.2, -0.15) is 10.2 Å². The number of nitrogens with zero attached hydrogens (tertiary/aromatic N) is 2. The zero-order valence-corrected chi connectivity index (χ0v) is 12.4. The molecule has 0 bridgehead atoms. The Morgan fingerprint density at radius 2 is 2.09 bits per heavy atom. The summed E-state index contributed by atoms with van der Waals surface area (Å²) >= 11 is 0. The molecule has 1 heterocycles. The zero-order chi connectivity index (χ0) is 14.9. The van der Waals surface area contributed by atoms with Gasteiger partial charge in [0.15, 0.2) is 0 Å². The monoisotopic (exact) mass is 294 g/mol. The molecule has 3 saturated carbocycles. The predicted molar refractivity (Wildman–Crippen MR) is 77.8 cm³/mol. The Balaban J connectivity index is 1.52. The van der Waals surface area contributed by atoms with Crippen LogP contribution >= 0.6 is 0 Å². The minimum Gasteiger partial charge on any atom is -0.384 e. The van der Waals surface area contributed by atoms with Crippen LogP contribution in [0.4, 0.5) is 4.39 Å². The van der Waals surface area contributed by atoms with E-state index in [0.717, 1.165) is 18.2 Å². The van der Waals surface area contributed by atoms with Gasteiger partial charge in [0.1, 0.15) is 5.82 Å². The standard InChI is InChI=1S/C18H15FN2O/c1-16-14-13-10-7-12(9-5-3-4-6-11(9)19)20-21-15(10)17(16,8-22-2)18(13,14)16/h3-7,13-14H,8H2,1-2H3. The van der Waals surface area contributed by atoms with Crippen LogP contribution in [0.1, 0.15) is 24.1 Å². The maximum Gasteiger partial charge on any atom is 0.132 e. The second kappa shape index (κ2) is 2.98. The molecule has 1 aromatic heterocycles. The fourth-order valence-electron chi connectivity index (χ4n) is 6.43. The third-order valence-electron chi connectivity index (χ3n) is 7.21. The summed E-state index contributed by atoms with van der Waals surface area (Å²) in [5.41, 5.74) is 4.51. The smallest absolute Gasteiger partial charge is 0.132 e. The maximum absolute atomic E-state index is 14.0. The first-order valence-corrected chi connectivity index (χ1v) is 7.78. The molecule has 4 aliphatic rings. The number of hydrogen-bond acceptors (Lipinski definition) is 3. The van der Waals surface area contributed by atoms with Gasteiger partial charge in [0.05, 0.1) is 23.4 Å². The second-order valence-corrected chi connectivity index (χ2v) is 7.38. The van der Waals surface area contributed by atoms with E-state index in [-0.39, 0.29) is 11.2 Å². The van der Waals surface area contributed by atoms with E-state index in [1.54, 1.807) is 19.2 Å². The predicted octanol–water partition coefficient (Wildman–Crippen LogP) is 2.91. The highest BCUT2D eigenvalue weighted by atomic mass is 19.1. The number of rotatable bonds is 3. The van der Waals surface area contributed by atoms with Crippen LogP contribution in [0.15, 0.2) is 30.3 Å². The second-order valence-electron chi connectivity index (χ2n) is 7.38. The van der Waals surface area contributed by atoms with Crippen LogP contribution < -0.4 is 0 Å². The number of ether oxygens (including phenoxy) is 1. The van der Waals surface area contributed by atoms with Crippen molar-refractivity contribution < 1.29 is 9.13 Å². The first-order chi connectivity index (χ1) is 10.7. The van der Waals surface area contributed by atoms with Crippen LogP contribution in [0.3, 0.4) is 0 Å². The van der Waals surface area contributed by atoms with Crippen LogP contribution in [0, 0.1) is 22.6 Å². The number of aromatic nitrogens is 2. The molecule has 4 aliphatic carbocycles. The summed E-state index contributed by atoms with van der Waals surface area (Å²) in [5, 5.41) is 8.87. The number of benzene rings is 1. The largest absolute Gasteiger partial charge is 0.384 e. The molecule has 3 fully saturated rings. The number of halogens is 1. The molecule has 22 heavy (non-hydrogen) atoms. The fraction of sp³-hybridized carbons (Fsp3) is 0.444. The molecular weight excluding hydrogens is 279 g/mol. The van der Waals surface area contributed by atoms with Gasteiger partial charge in [0.2, 0.25) is 0 Å². The van der Waals surface area contributed by atoms with E-state index in [9.17, 15) is 4.39 Å². The molecule has 5 atom stereocenters.